The number of nitrogens with zero attached hydrogens (tertiary/aromatic N) is 4. The van der Waals surface area contributed by atoms with E-state index in [1.54, 1.807) is 4.68 Å². The van der Waals surface area contributed by atoms with Crippen molar-refractivity contribution in [2.24, 2.45) is 0 Å². The highest BCUT2D eigenvalue weighted by Crippen LogP contribution is 2.28. The Hall–Kier alpha value is -1.94. The Labute approximate surface area is 167 Å². The molecule has 11 heteroatoms. The standard InChI is InChI=1S/C16H18Cl2N6O2S/c1-10(2)19-5-6-24-16-12(8-22-24)15(20-9-21-16)23-27(25,26)14-4-3-11(17)7-13(14)18/h3-4,7-10,19H,5-6H2,1-2H3,(H,20,21,23). The number of hydrogen-bond acceptors (Lipinski definition) is 6. The van der Waals surface area contributed by atoms with Crippen molar-refractivity contribution in [3.05, 3.63) is 40.8 Å². The first-order valence-electron chi connectivity index (χ1n) is 8.15. The zero-order valence-electron chi connectivity index (χ0n) is 14.6. The predicted octanol–water partition coefficient (Wildman–Crippen LogP) is 2.93. The third-order valence-corrected chi connectivity index (χ3v) is 5.78. The quantitative estimate of drug-likeness (QED) is 0.599. The molecule has 8 nitrogen and oxygen atoms in total. The second-order valence-corrected chi connectivity index (χ2v) is 8.61. The largest absolute Gasteiger partial charge is 0.313 e. The van der Waals surface area contributed by atoms with Crippen LogP contribution in [0.1, 0.15) is 13.8 Å². The molecule has 2 heterocycles. The van der Waals surface area contributed by atoms with Crippen LogP contribution in [-0.2, 0) is 16.6 Å². The summed E-state index contributed by atoms with van der Waals surface area (Å²) in [4.78, 5) is 8.17. The van der Waals surface area contributed by atoms with Crippen LogP contribution in [0.25, 0.3) is 11.0 Å². The SMILES string of the molecule is CC(C)NCCn1ncc2c(NS(=O)(=O)c3ccc(Cl)cc3Cl)ncnc21. The molecule has 0 unspecified atom stereocenters. The van der Waals surface area contributed by atoms with Gasteiger partial charge in [-0.25, -0.2) is 23.1 Å². The van der Waals surface area contributed by atoms with Gasteiger partial charge in [0.25, 0.3) is 10.0 Å². The first kappa shape index (κ1) is 19.8. The molecule has 0 fully saturated rings. The maximum absolute atomic E-state index is 12.7. The molecule has 0 amide bonds. The van der Waals surface area contributed by atoms with Crippen LogP contribution in [0.4, 0.5) is 5.82 Å². The Morgan fingerprint density at radius 2 is 2.00 bits per heavy atom. The molecule has 0 atom stereocenters. The summed E-state index contributed by atoms with van der Waals surface area (Å²) in [5.41, 5.74) is 0.537. The Morgan fingerprint density at radius 1 is 1.22 bits per heavy atom. The fourth-order valence-corrected chi connectivity index (χ4v) is 4.28. The molecule has 0 bridgehead atoms. The van der Waals surface area contributed by atoms with Crippen molar-refractivity contribution in [3.8, 4) is 0 Å². The molecule has 0 aliphatic heterocycles. The molecule has 27 heavy (non-hydrogen) atoms. The van der Waals surface area contributed by atoms with Crippen LogP contribution in [0.2, 0.25) is 10.0 Å². The summed E-state index contributed by atoms with van der Waals surface area (Å²) in [6.45, 7) is 5.41. The summed E-state index contributed by atoms with van der Waals surface area (Å²) in [6.07, 6.45) is 2.82. The molecule has 3 aromatic rings. The molecular formula is C16H18Cl2N6O2S. The van der Waals surface area contributed by atoms with Gasteiger partial charge in [-0.1, -0.05) is 37.0 Å². The number of hydrogen-bond donors (Lipinski definition) is 2. The van der Waals surface area contributed by atoms with Crippen molar-refractivity contribution in [2.45, 2.75) is 31.3 Å². The maximum Gasteiger partial charge on any atom is 0.264 e. The van der Waals surface area contributed by atoms with Gasteiger partial charge in [0.05, 0.1) is 23.2 Å². The molecule has 0 aliphatic carbocycles. The minimum Gasteiger partial charge on any atom is -0.313 e. The Morgan fingerprint density at radius 3 is 2.70 bits per heavy atom. The van der Waals surface area contributed by atoms with Gasteiger partial charge in [-0.3, -0.25) is 4.72 Å². The Balaban J connectivity index is 1.90. The van der Waals surface area contributed by atoms with Crippen molar-refractivity contribution in [1.29, 1.82) is 0 Å². The van der Waals surface area contributed by atoms with E-state index < -0.39 is 10.0 Å². The highest BCUT2D eigenvalue weighted by atomic mass is 35.5. The molecule has 0 radical (unpaired) electrons. The van der Waals surface area contributed by atoms with Crippen molar-refractivity contribution >= 4 is 50.1 Å². The van der Waals surface area contributed by atoms with Crippen LogP contribution in [0.15, 0.2) is 35.6 Å². The predicted molar refractivity (Wildman–Crippen MR) is 106 cm³/mol. The van der Waals surface area contributed by atoms with Crippen LogP contribution < -0.4 is 10.0 Å². The lowest BCUT2D eigenvalue weighted by molar-refractivity contribution is 0.522. The van der Waals surface area contributed by atoms with Gasteiger partial charge in [-0.15, -0.1) is 0 Å². The molecule has 0 saturated carbocycles. The van der Waals surface area contributed by atoms with E-state index in [9.17, 15) is 8.42 Å². The number of anilines is 1. The number of benzene rings is 1. The first-order valence-corrected chi connectivity index (χ1v) is 10.4. The van der Waals surface area contributed by atoms with Gasteiger partial charge < -0.3 is 5.32 Å². The lowest BCUT2D eigenvalue weighted by Crippen LogP contribution is -2.27. The van der Waals surface area contributed by atoms with Crippen LogP contribution in [0, 0.1) is 0 Å². The van der Waals surface area contributed by atoms with Crippen LogP contribution in [-0.4, -0.2) is 40.8 Å². The van der Waals surface area contributed by atoms with E-state index in [2.05, 4.69) is 39.0 Å². The van der Waals surface area contributed by atoms with Gasteiger partial charge in [0, 0.05) is 17.6 Å². The van der Waals surface area contributed by atoms with Gasteiger partial charge in [0.15, 0.2) is 11.5 Å². The average molecular weight is 429 g/mol. The number of sulfonamides is 1. The first-order chi connectivity index (χ1) is 12.8. The minimum atomic E-state index is -3.95. The van der Waals surface area contributed by atoms with Gasteiger partial charge >= 0.3 is 0 Å². The highest BCUT2D eigenvalue weighted by molar-refractivity contribution is 7.92. The molecular weight excluding hydrogens is 411 g/mol. The molecule has 144 valence electrons. The third-order valence-electron chi connectivity index (χ3n) is 3.72. The summed E-state index contributed by atoms with van der Waals surface area (Å²) in [6, 6.07) is 4.52. The zero-order chi connectivity index (χ0) is 19.6. The van der Waals surface area contributed by atoms with E-state index >= 15 is 0 Å². The van der Waals surface area contributed by atoms with Crippen molar-refractivity contribution in [3.63, 3.8) is 0 Å². The fourth-order valence-electron chi connectivity index (χ4n) is 2.47. The number of fused-ring (bicyclic) bond motifs is 1. The average Bonchev–Trinajstić information content (AvgIpc) is 2.98. The number of aromatic nitrogens is 4. The van der Waals surface area contributed by atoms with E-state index in [4.69, 9.17) is 23.2 Å². The second kappa shape index (κ2) is 7.97. The molecule has 2 aromatic heterocycles. The minimum absolute atomic E-state index is 0.0238. The zero-order valence-corrected chi connectivity index (χ0v) is 17.0. The van der Waals surface area contributed by atoms with Crippen molar-refractivity contribution in [1.82, 2.24) is 25.1 Å². The normalized spacial score (nSPS) is 12.0. The third kappa shape index (κ3) is 4.49. The molecule has 1 aromatic carbocycles. The van der Waals surface area contributed by atoms with Crippen LogP contribution >= 0.6 is 23.2 Å². The van der Waals surface area contributed by atoms with Gasteiger partial charge in [-0.05, 0) is 18.2 Å². The maximum atomic E-state index is 12.7. The van der Waals surface area contributed by atoms with Crippen molar-refractivity contribution < 1.29 is 8.42 Å². The summed E-state index contributed by atoms with van der Waals surface area (Å²) in [5, 5.41) is 8.44. The monoisotopic (exact) mass is 428 g/mol. The Bertz CT molecular complexity index is 1070. The molecule has 0 saturated heterocycles. The molecule has 2 N–H and O–H groups in total. The molecule has 0 spiro atoms. The van der Waals surface area contributed by atoms with E-state index in [1.165, 1.54) is 30.7 Å². The molecule has 0 aliphatic rings. The summed E-state index contributed by atoms with van der Waals surface area (Å²) in [7, 11) is -3.95. The topological polar surface area (TPSA) is 102 Å². The summed E-state index contributed by atoms with van der Waals surface area (Å²) < 4.78 is 29.5. The Kier molecular flexibility index (Phi) is 5.85. The lowest BCUT2D eigenvalue weighted by Gasteiger charge is -2.10. The smallest absolute Gasteiger partial charge is 0.264 e. The van der Waals surface area contributed by atoms with Crippen LogP contribution in [0.5, 0.6) is 0 Å². The van der Waals surface area contributed by atoms with E-state index in [0.717, 1.165) is 0 Å². The van der Waals surface area contributed by atoms with E-state index in [-0.39, 0.29) is 15.7 Å². The van der Waals surface area contributed by atoms with Gasteiger partial charge in [0.1, 0.15) is 11.2 Å². The lowest BCUT2D eigenvalue weighted by atomic mass is 10.4. The van der Waals surface area contributed by atoms with E-state index in [0.29, 0.717) is 35.2 Å². The fraction of sp³-hybridized carbons (Fsp3) is 0.312. The van der Waals surface area contributed by atoms with Crippen molar-refractivity contribution in [2.75, 3.05) is 11.3 Å². The van der Waals surface area contributed by atoms with Gasteiger partial charge in [0.2, 0.25) is 0 Å². The highest BCUT2D eigenvalue weighted by Gasteiger charge is 2.21. The summed E-state index contributed by atoms with van der Waals surface area (Å²) >= 11 is 11.9. The van der Waals surface area contributed by atoms with Gasteiger partial charge in [-0.2, -0.15) is 5.10 Å². The van der Waals surface area contributed by atoms with Crippen LogP contribution in [0.3, 0.4) is 0 Å². The van der Waals surface area contributed by atoms with E-state index in [1.807, 2.05) is 0 Å². The number of halogens is 2. The second-order valence-electron chi connectivity index (χ2n) is 6.12. The summed E-state index contributed by atoms with van der Waals surface area (Å²) in [5.74, 6) is 0.133. The number of rotatable bonds is 7. The molecule has 3 rings (SSSR count). The number of nitrogens with one attached hydrogen (secondary N) is 2.